The minimum Gasteiger partial charge on any atom is -0.308 e. The van der Waals surface area contributed by atoms with Crippen LogP contribution in [0.4, 0.5) is 0 Å². The molecule has 0 aromatic carbocycles. The van der Waals surface area contributed by atoms with Crippen LogP contribution in [0.2, 0.25) is 0 Å². The molecule has 2 aliphatic rings. The second kappa shape index (κ2) is 7.79. The average Bonchev–Trinajstić information content (AvgIpc) is 2.91. The summed E-state index contributed by atoms with van der Waals surface area (Å²) in [6, 6.07) is 0.771. The molecule has 1 saturated heterocycles. The third-order valence-electron chi connectivity index (χ3n) is 5.82. The van der Waals surface area contributed by atoms with E-state index in [0.29, 0.717) is 5.54 Å². The highest BCUT2D eigenvalue weighted by Crippen LogP contribution is 2.34. The number of hydrogen-bond donors (Lipinski definition) is 1. The minimum absolute atomic E-state index is 0.481. The molecule has 2 heteroatoms. The lowest BCUT2D eigenvalue weighted by Crippen LogP contribution is -2.64. The summed E-state index contributed by atoms with van der Waals surface area (Å²) in [5.41, 5.74) is 0.481. The van der Waals surface area contributed by atoms with Crippen LogP contribution in [-0.2, 0) is 0 Å². The first-order valence-corrected chi connectivity index (χ1v) is 9.20. The van der Waals surface area contributed by atoms with E-state index in [1.807, 2.05) is 0 Å². The molecule has 1 aliphatic carbocycles. The Hall–Kier alpha value is -0.0800. The Morgan fingerprint density at radius 1 is 1.15 bits per heavy atom. The molecule has 1 N–H and O–H groups in total. The monoisotopic (exact) mass is 280 g/mol. The second-order valence-corrected chi connectivity index (χ2v) is 7.35. The zero-order valence-electron chi connectivity index (χ0n) is 14.1. The molecule has 2 unspecified atom stereocenters. The van der Waals surface area contributed by atoms with Gasteiger partial charge in [-0.25, -0.2) is 0 Å². The topological polar surface area (TPSA) is 15.3 Å². The summed E-state index contributed by atoms with van der Waals surface area (Å²) in [7, 11) is 0. The Labute approximate surface area is 126 Å². The van der Waals surface area contributed by atoms with Gasteiger partial charge in [0, 0.05) is 24.7 Å². The van der Waals surface area contributed by atoms with Crippen LogP contribution in [-0.4, -0.2) is 36.1 Å². The lowest BCUT2D eigenvalue weighted by atomic mass is 9.87. The second-order valence-electron chi connectivity index (χ2n) is 7.35. The highest BCUT2D eigenvalue weighted by Gasteiger charge is 2.41. The summed E-state index contributed by atoms with van der Waals surface area (Å²) in [4.78, 5) is 2.85. The number of nitrogens with zero attached hydrogens (tertiary/aromatic N) is 1. The van der Waals surface area contributed by atoms with Gasteiger partial charge in [0.25, 0.3) is 0 Å². The van der Waals surface area contributed by atoms with Crippen LogP contribution in [0, 0.1) is 5.92 Å². The first-order chi connectivity index (χ1) is 9.71. The van der Waals surface area contributed by atoms with E-state index in [0.717, 1.165) is 12.0 Å². The van der Waals surface area contributed by atoms with E-state index in [4.69, 9.17) is 0 Å². The van der Waals surface area contributed by atoms with Crippen LogP contribution >= 0.6 is 0 Å². The van der Waals surface area contributed by atoms with Crippen LogP contribution < -0.4 is 5.32 Å². The third kappa shape index (κ3) is 3.98. The molecule has 1 aliphatic heterocycles. The quantitative estimate of drug-likeness (QED) is 0.703. The standard InChI is InChI=1S/C18H36N2/c1-4-6-7-10-13-20-15-18(11-8-9-12-18)19-14-17(20)16(3)5-2/h16-17,19H,4-15H2,1-3H3. The summed E-state index contributed by atoms with van der Waals surface area (Å²) in [6.07, 6.45) is 12.6. The Morgan fingerprint density at radius 2 is 1.90 bits per heavy atom. The van der Waals surface area contributed by atoms with E-state index in [9.17, 15) is 0 Å². The first kappa shape index (κ1) is 16.3. The number of hydrogen-bond acceptors (Lipinski definition) is 2. The highest BCUT2D eigenvalue weighted by atomic mass is 15.3. The zero-order chi connectivity index (χ0) is 14.4. The van der Waals surface area contributed by atoms with Crippen LogP contribution in [0.15, 0.2) is 0 Å². The highest BCUT2D eigenvalue weighted by molar-refractivity contribution is 5.01. The van der Waals surface area contributed by atoms with Crippen molar-refractivity contribution in [3.05, 3.63) is 0 Å². The molecule has 1 spiro atoms. The van der Waals surface area contributed by atoms with Gasteiger partial charge >= 0.3 is 0 Å². The zero-order valence-corrected chi connectivity index (χ0v) is 14.1. The fraction of sp³-hybridized carbons (Fsp3) is 1.00. The molecule has 1 heterocycles. The van der Waals surface area contributed by atoms with E-state index >= 15 is 0 Å². The predicted molar refractivity (Wildman–Crippen MR) is 88.2 cm³/mol. The maximum absolute atomic E-state index is 3.95. The molecule has 0 bridgehead atoms. The third-order valence-corrected chi connectivity index (χ3v) is 5.82. The summed E-state index contributed by atoms with van der Waals surface area (Å²) in [5, 5.41) is 3.95. The SMILES string of the molecule is CCCCCCN1CC2(CCCC2)NCC1C(C)CC. The normalized spacial score (nSPS) is 28.1. The Morgan fingerprint density at radius 3 is 2.55 bits per heavy atom. The molecule has 0 amide bonds. The first-order valence-electron chi connectivity index (χ1n) is 9.20. The van der Waals surface area contributed by atoms with Crippen molar-refractivity contribution in [2.45, 2.75) is 90.1 Å². The molecule has 0 aromatic rings. The number of unbranched alkanes of at least 4 members (excludes halogenated alkanes) is 3. The van der Waals surface area contributed by atoms with Gasteiger partial charge in [-0.05, 0) is 31.7 Å². The number of nitrogens with one attached hydrogen (secondary N) is 1. The van der Waals surface area contributed by atoms with Gasteiger partial charge < -0.3 is 5.32 Å². The van der Waals surface area contributed by atoms with Crippen LogP contribution in [0.3, 0.4) is 0 Å². The van der Waals surface area contributed by atoms with Crippen LogP contribution in [0.5, 0.6) is 0 Å². The molecule has 2 atom stereocenters. The van der Waals surface area contributed by atoms with Gasteiger partial charge in [-0.15, -0.1) is 0 Å². The van der Waals surface area contributed by atoms with Gasteiger partial charge in [-0.3, -0.25) is 4.90 Å². The van der Waals surface area contributed by atoms with E-state index in [1.165, 1.54) is 77.4 Å². The van der Waals surface area contributed by atoms with Gasteiger partial charge in [0.2, 0.25) is 0 Å². The van der Waals surface area contributed by atoms with E-state index < -0.39 is 0 Å². The molecule has 20 heavy (non-hydrogen) atoms. The Balaban J connectivity index is 1.91. The summed E-state index contributed by atoms with van der Waals surface area (Å²) >= 11 is 0. The Bertz CT molecular complexity index is 271. The number of rotatable bonds is 7. The van der Waals surface area contributed by atoms with Gasteiger partial charge in [-0.2, -0.15) is 0 Å². The van der Waals surface area contributed by atoms with Crippen molar-refractivity contribution in [1.29, 1.82) is 0 Å². The predicted octanol–water partition coefficient (Wildman–Crippen LogP) is 4.20. The maximum atomic E-state index is 3.95. The van der Waals surface area contributed by atoms with E-state index in [1.54, 1.807) is 0 Å². The number of piperazine rings is 1. The van der Waals surface area contributed by atoms with Crippen LogP contribution in [0.1, 0.15) is 78.6 Å². The van der Waals surface area contributed by atoms with E-state index in [2.05, 4.69) is 31.0 Å². The average molecular weight is 280 g/mol. The minimum atomic E-state index is 0.481. The van der Waals surface area contributed by atoms with Crippen molar-refractivity contribution in [2.75, 3.05) is 19.6 Å². The molecule has 2 nitrogen and oxygen atoms in total. The maximum Gasteiger partial charge on any atom is 0.0309 e. The van der Waals surface area contributed by atoms with Crippen molar-refractivity contribution < 1.29 is 0 Å². The lowest BCUT2D eigenvalue weighted by molar-refractivity contribution is 0.0505. The molecular formula is C18H36N2. The Kier molecular flexibility index (Phi) is 6.35. The van der Waals surface area contributed by atoms with Crippen LogP contribution in [0.25, 0.3) is 0 Å². The van der Waals surface area contributed by atoms with Gasteiger partial charge in [-0.1, -0.05) is 59.3 Å². The molecule has 1 saturated carbocycles. The molecule has 2 fully saturated rings. The van der Waals surface area contributed by atoms with Crippen molar-refractivity contribution in [3.63, 3.8) is 0 Å². The summed E-state index contributed by atoms with van der Waals surface area (Å²) < 4.78 is 0. The lowest BCUT2D eigenvalue weighted by Gasteiger charge is -2.48. The smallest absolute Gasteiger partial charge is 0.0309 e. The van der Waals surface area contributed by atoms with Crippen molar-refractivity contribution in [3.8, 4) is 0 Å². The molecule has 118 valence electrons. The van der Waals surface area contributed by atoms with Gasteiger partial charge in [0.1, 0.15) is 0 Å². The van der Waals surface area contributed by atoms with Gasteiger partial charge in [0.15, 0.2) is 0 Å². The summed E-state index contributed by atoms with van der Waals surface area (Å²) in [6.45, 7) is 11.0. The molecule has 0 aromatic heterocycles. The fourth-order valence-corrected chi connectivity index (χ4v) is 4.22. The molecule has 2 rings (SSSR count). The van der Waals surface area contributed by atoms with Gasteiger partial charge in [0.05, 0.1) is 0 Å². The van der Waals surface area contributed by atoms with Crippen molar-refractivity contribution in [2.24, 2.45) is 5.92 Å². The molecular weight excluding hydrogens is 244 g/mol. The largest absolute Gasteiger partial charge is 0.308 e. The molecule has 0 radical (unpaired) electrons. The van der Waals surface area contributed by atoms with Crippen molar-refractivity contribution in [1.82, 2.24) is 10.2 Å². The summed E-state index contributed by atoms with van der Waals surface area (Å²) in [5.74, 6) is 0.826. The fourth-order valence-electron chi connectivity index (χ4n) is 4.22. The van der Waals surface area contributed by atoms with Crippen molar-refractivity contribution >= 4 is 0 Å². The van der Waals surface area contributed by atoms with E-state index in [-0.39, 0.29) is 0 Å².